The molecule has 2 aromatic rings. The molecule has 2 rings (SSSR count). The molecule has 0 radical (unpaired) electrons. The number of hydrogen-bond acceptors (Lipinski definition) is 4. The molecule has 2 aromatic carbocycles. The van der Waals surface area contributed by atoms with E-state index in [0.717, 1.165) is 19.9 Å². The number of rotatable bonds is 4. The Morgan fingerprint density at radius 1 is 1.05 bits per heavy atom. The van der Waals surface area contributed by atoms with Crippen LogP contribution in [0.1, 0.15) is 5.56 Å². The van der Waals surface area contributed by atoms with Crippen LogP contribution in [0.25, 0.3) is 0 Å². The van der Waals surface area contributed by atoms with Crippen molar-refractivity contribution in [1.82, 2.24) is 0 Å². The van der Waals surface area contributed by atoms with Gasteiger partial charge >= 0.3 is 0 Å². The van der Waals surface area contributed by atoms with Crippen LogP contribution in [0.15, 0.2) is 59.5 Å². The molecule has 0 aliphatic heterocycles. The van der Waals surface area contributed by atoms with Crippen LogP contribution in [0, 0.1) is 0 Å². The zero-order valence-corrected chi connectivity index (χ0v) is 13.0. The Balaban J connectivity index is 1.91. The molecule has 0 spiro atoms. The highest BCUT2D eigenvalue weighted by Crippen LogP contribution is 2.34. The molecule has 1 nitrogen and oxygen atoms in total. The number of benzene rings is 2. The van der Waals surface area contributed by atoms with Crippen LogP contribution < -0.4 is 4.74 Å². The van der Waals surface area contributed by atoms with E-state index >= 15 is 0 Å². The number of ether oxygens (including phenoxy) is 1. The maximum Gasteiger partial charge on any atom is 0.132 e. The Morgan fingerprint density at radius 2 is 1.74 bits per heavy atom. The first-order valence-corrected chi connectivity index (χ1v) is 8.02. The first-order chi connectivity index (χ1) is 9.29. The maximum atomic E-state index is 5.41. The second-order valence-electron chi connectivity index (χ2n) is 3.78. The second kappa shape index (κ2) is 7.58. The molecule has 0 unspecified atom stereocenters. The third-order valence-electron chi connectivity index (χ3n) is 2.46. The number of thiocarbonyl (C=S) groups is 1. The lowest BCUT2D eigenvalue weighted by Gasteiger charge is -2.08. The van der Waals surface area contributed by atoms with Crippen LogP contribution >= 0.6 is 35.7 Å². The van der Waals surface area contributed by atoms with Crippen LogP contribution in [0.4, 0.5) is 0 Å². The van der Waals surface area contributed by atoms with Crippen molar-refractivity contribution in [2.24, 2.45) is 0 Å². The molecule has 0 aliphatic rings. The van der Waals surface area contributed by atoms with E-state index in [1.165, 1.54) is 5.56 Å². The fraction of sp³-hybridized carbons (Fsp3) is 0.133. The quantitative estimate of drug-likeness (QED) is 0.580. The Labute approximate surface area is 127 Å². The summed E-state index contributed by atoms with van der Waals surface area (Å²) in [6, 6.07) is 18.3. The van der Waals surface area contributed by atoms with E-state index in [1.54, 1.807) is 30.6 Å². The molecule has 0 bridgehead atoms. The van der Waals surface area contributed by atoms with Crippen molar-refractivity contribution in [3.8, 4) is 5.75 Å². The molecule has 0 fully saturated rings. The van der Waals surface area contributed by atoms with Gasteiger partial charge in [-0.15, -0.1) is 11.8 Å². The van der Waals surface area contributed by atoms with Crippen molar-refractivity contribution in [3.63, 3.8) is 0 Å². The molecule has 0 saturated heterocycles. The van der Waals surface area contributed by atoms with Crippen molar-refractivity contribution >= 4 is 39.3 Å². The monoisotopic (exact) mass is 306 g/mol. The van der Waals surface area contributed by atoms with Gasteiger partial charge in [0.15, 0.2) is 0 Å². The predicted molar refractivity (Wildman–Crippen MR) is 89.2 cm³/mol. The predicted octanol–water partition coefficient (Wildman–Crippen LogP) is 5.01. The third kappa shape index (κ3) is 4.56. The third-order valence-corrected chi connectivity index (χ3v) is 5.11. The van der Waals surface area contributed by atoms with E-state index in [4.69, 9.17) is 17.0 Å². The van der Waals surface area contributed by atoms with Crippen LogP contribution in [0.2, 0.25) is 0 Å². The summed E-state index contributed by atoms with van der Waals surface area (Å²) in [5.41, 5.74) is 1.29. The van der Waals surface area contributed by atoms with Gasteiger partial charge < -0.3 is 4.74 Å². The molecule has 0 N–H and O–H groups in total. The summed E-state index contributed by atoms with van der Waals surface area (Å²) in [5, 5.41) is 0. The molecular formula is C15H14OS3. The minimum atomic E-state index is 0.871. The normalized spacial score (nSPS) is 10.2. The van der Waals surface area contributed by atoms with Gasteiger partial charge in [-0.05, 0) is 17.7 Å². The summed E-state index contributed by atoms with van der Waals surface area (Å²) in [7, 11) is 1.68. The number of methoxy groups -OCH3 is 1. The van der Waals surface area contributed by atoms with Crippen LogP contribution in [-0.4, -0.2) is 10.6 Å². The Kier molecular flexibility index (Phi) is 5.76. The van der Waals surface area contributed by atoms with Crippen molar-refractivity contribution in [2.75, 3.05) is 7.11 Å². The summed E-state index contributed by atoms with van der Waals surface area (Å²) in [6.45, 7) is 0. The van der Waals surface area contributed by atoms with Gasteiger partial charge in [0.1, 0.15) is 9.28 Å². The van der Waals surface area contributed by atoms with Gasteiger partial charge in [0.25, 0.3) is 0 Å². The van der Waals surface area contributed by atoms with Crippen LogP contribution in [0.5, 0.6) is 5.75 Å². The standard InChI is InChI=1S/C15H14OS3/c1-16-13-9-5-6-10-14(13)19-15(17)18-11-12-7-3-2-4-8-12/h2-10H,11H2,1H3. The zero-order valence-electron chi connectivity index (χ0n) is 10.5. The summed E-state index contributed by atoms with van der Waals surface area (Å²) >= 11 is 8.68. The lowest BCUT2D eigenvalue weighted by atomic mass is 10.2. The topological polar surface area (TPSA) is 9.23 Å². The lowest BCUT2D eigenvalue weighted by molar-refractivity contribution is 0.405. The van der Waals surface area contributed by atoms with Crippen molar-refractivity contribution in [3.05, 3.63) is 60.2 Å². The van der Waals surface area contributed by atoms with E-state index in [-0.39, 0.29) is 0 Å². The molecule has 0 atom stereocenters. The largest absolute Gasteiger partial charge is 0.496 e. The Bertz CT molecular complexity index is 540. The average molecular weight is 306 g/mol. The van der Waals surface area contributed by atoms with E-state index in [1.807, 2.05) is 42.5 Å². The Morgan fingerprint density at radius 3 is 2.47 bits per heavy atom. The van der Waals surface area contributed by atoms with Crippen LogP contribution in [0.3, 0.4) is 0 Å². The molecule has 19 heavy (non-hydrogen) atoms. The van der Waals surface area contributed by atoms with Gasteiger partial charge in [-0.1, -0.05) is 66.4 Å². The summed E-state index contributed by atoms with van der Waals surface area (Å²) < 4.78 is 6.23. The van der Waals surface area contributed by atoms with E-state index in [2.05, 4.69) is 12.1 Å². The van der Waals surface area contributed by atoms with Crippen molar-refractivity contribution in [2.45, 2.75) is 10.6 Å². The fourth-order valence-corrected chi connectivity index (χ4v) is 3.72. The molecular weight excluding hydrogens is 292 g/mol. The molecule has 4 heteroatoms. The van der Waals surface area contributed by atoms with Gasteiger partial charge in [-0.3, -0.25) is 0 Å². The van der Waals surface area contributed by atoms with Gasteiger partial charge in [-0.2, -0.15) is 0 Å². The minimum Gasteiger partial charge on any atom is -0.496 e. The number of hydrogen-bond donors (Lipinski definition) is 0. The summed E-state index contributed by atoms with van der Waals surface area (Å²) in [4.78, 5) is 1.07. The smallest absolute Gasteiger partial charge is 0.132 e. The van der Waals surface area contributed by atoms with Gasteiger partial charge in [-0.25, -0.2) is 0 Å². The second-order valence-corrected chi connectivity index (χ2v) is 7.00. The van der Waals surface area contributed by atoms with Crippen molar-refractivity contribution < 1.29 is 4.74 Å². The number of thioether (sulfide) groups is 2. The SMILES string of the molecule is COc1ccccc1SC(=S)SCc1ccccc1. The highest BCUT2D eigenvalue weighted by molar-refractivity contribution is 8.47. The highest BCUT2D eigenvalue weighted by atomic mass is 32.2. The molecule has 0 saturated carbocycles. The van der Waals surface area contributed by atoms with Gasteiger partial charge in [0, 0.05) is 5.75 Å². The summed E-state index contributed by atoms with van der Waals surface area (Å²) in [6.07, 6.45) is 0. The van der Waals surface area contributed by atoms with E-state index in [9.17, 15) is 0 Å². The van der Waals surface area contributed by atoms with Gasteiger partial charge in [0.05, 0.1) is 12.0 Å². The average Bonchev–Trinajstić information content (AvgIpc) is 2.47. The minimum absolute atomic E-state index is 0.871. The Hall–Kier alpha value is -0.970. The lowest BCUT2D eigenvalue weighted by Crippen LogP contribution is -1.88. The molecule has 0 heterocycles. The molecule has 0 aliphatic carbocycles. The summed E-state index contributed by atoms with van der Waals surface area (Å²) in [5.74, 6) is 1.78. The molecule has 0 amide bonds. The van der Waals surface area contributed by atoms with Crippen molar-refractivity contribution in [1.29, 1.82) is 0 Å². The maximum absolute atomic E-state index is 5.41. The first kappa shape index (κ1) is 14.4. The van der Waals surface area contributed by atoms with E-state index in [0.29, 0.717) is 0 Å². The first-order valence-electron chi connectivity index (χ1n) is 5.81. The highest BCUT2D eigenvalue weighted by Gasteiger charge is 2.06. The zero-order chi connectivity index (χ0) is 13.5. The fourth-order valence-electron chi connectivity index (χ4n) is 1.54. The molecule has 0 aromatic heterocycles. The molecule has 98 valence electrons. The van der Waals surface area contributed by atoms with Gasteiger partial charge in [0.2, 0.25) is 0 Å². The van der Waals surface area contributed by atoms with E-state index < -0.39 is 0 Å². The number of para-hydroxylation sites is 1. The van der Waals surface area contributed by atoms with Crippen LogP contribution in [-0.2, 0) is 5.75 Å².